The van der Waals surface area contributed by atoms with E-state index in [4.69, 9.17) is 0 Å². The number of nitriles is 1. The minimum atomic E-state index is -0.382. The van der Waals surface area contributed by atoms with E-state index in [0.717, 1.165) is 19.5 Å². The molecule has 0 radical (unpaired) electrons. The molecule has 0 bridgehead atoms. The average Bonchev–Trinajstić information content (AvgIpc) is 2.49. The maximum atomic E-state index is 9.45. The van der Waals surface area contributed by atoms with Crippen LogP contribution in [0.1, 0.15) is 65.2 Å². The van der Waals surface area contributed by atoms with Gasteiger partial charge in [0.2, 0.25) is 0 Å². The number of nitrogens with one attached hydrogen (secondary N) is 1. The van der Waals surface area contributed by atoms with Crippen LogP contribution in [0.3, 0.4) is 0 Å². The van der Waals surface area contributed by atoms with Crippen molar-refractivity contribution in [3.8, 4) is 6.07 Å². The molecule has 3 heteroatoms. The van der Waals surface area contributed by atoms with Crippen molar-refractivity contribution < 1.29 is 0 Å². The lowest BCUT2D eigenvalue weighted by atomic mass is 9.68. The lowest BCUT2D eigenvalue weighted by Gasteiger charge is -2.45. The lowest BCUT2D eigenvalue weighted by molar-refractivity contribution is 0.0588. The summed E-state index contributed by atoms with van der Waals surface area (Å²) in [7, 11) is 0. The fourth-order valence-corrected chi connectivity index (χ4v) is 3.97. The molecule has 20 heavy (non-hydrogen) atoms. The van der Waals surface area contributed by atoms with Gasteiger partial charge in [0.15, 0.2) is 0 Å². The van der Waals surface area contributed by atoms with Gasteiger partial charge in [-0.3, -0.25) is 5.32 Å². The molecule has 0 aromatic heterocycles. The molecule has 1 spiro atoms. The van der Waals surface area contributed by atoms with Crippen molar-refractivity contribution in [1.29, 1.82) is 5.26 Å². The standard InChI is InChI=1S/C17H31N3/c1-3-11-19-16(2,14-18)15-20-12-9-17(10-13-20)7-5-4-6-8-17/h19H,3-13,15H2,1-2H3. The predicted molar refractivity (Wildman–Crippen MR) is 83.5 cm³/mol. The molecule has 1 aliphatic carbocycles. The van der Waals surface area contributed by atoms with Gasteiger partial charge in [-0.1, -0.05) is 26.2 Å². The number of piperidine rings is 1. The topological polar surface area (TPSA) is 39.1 Å². The van der Waals surface area contributed by atoms with Gasteiger partial charge in [-0.05, 0) is 64.1 Å². The van der Waals surface area contributed by atoms with Gasteiger partial charge in [0, 0.05) is 6.54 Å². The summed E-state index contributed by atoms with van der Waals surface area (Å²) in [4.78, 5) is 2.51. The van der Waals surface area contributed by atoms with Crippen LogP contribution in [0.25, 0.3) is 0 Å². The van der Waals surface area contributed by atoms with E-state index < -0.39 is 0 Å². The van der Waals surface area contributed by atoms with Crippen LogP contribution in [-0.4, -0.2) is 36.6 Å². The van der Waals surface area contributed by atoms with Gasteiger partial charge < -0.3 is 4.90 Å². The van der Waals surface area contributed by atoms with E-state index in [1.54, 1.807) is 0 Å². The smallest absolute Gasteiger partial charge is 0.116 e. The molecule has 3 nitrogen and oxygen atoms in total. The molecule has 1 saturated carbocycles. The molecule has 0 amide bonds. The highest BCUT2D eigenvalue weighted by Gasteiger charge is 2.37. The summed E-state index contributed by atoms with van der Waals surface area (Å²) in [5.74, 6) is 0. The normalized spacial score (nSPS) is 26.1. The molecule has 1 N–H and O–H groups in total. The number of nitrogens with zero attached hydrogens (tertiary/aromatic N) is 2. The van der Waals surface area contributed by atoms with E-state index in [1.807, 2.05) is 6.92 Å². The number of hydrogen-bond donors (Lipinski definition) is 1. The van der Waals surface area contributed by atoms with E-state index in [1.165, 1.54) is 58.0 Å². The van der Waals surface area contributed by atoms with Gasteiger partial charge in [-0.15, -0.1) is 0 Å². The Hall–Kier alpha value is -0.590. The quantitative estimate of drug-likeness (QED) is 0.838. The highest BCUT2D eigenvalue weighted by molar-refractivity contribution is 5.06. The average molecular weight is 277 g/mol. The largest absolute Gasteiger partial charge is 0.300 e. The van der Waals surface area contributed by atoms with Crippen molar-refractivity contribution in [1.82, 2.24) is 10.2 Å². The van der Waals surface area contributed by atoms with E-state index >= 15 is 0 Å². The molecule has 114 valence electrons. The van der Waals surface area contributed by atoms with E-state index in [9.17, 15) is 5.26 Å². The van der Waals surface area contributed by atoms with Crippen LogP contribution >= 0.6 is 0 Å². The minimum Gasteiger partial charge on any atom is -0.300 e. The summed E-state index contributed by atoms with van der Waals surface area (Å²) in [5.41, 5.74) is 0.279. The van der Waals surface area contributed by atoms with Gasteiger partial charge >= 0.3 is 0 Å². The molecule has 2 rings (SSSR count). The molecule has 2 aliphatic rings. The second kappa shape index (κ2) is 6.91. The molecule has 0 aromatic rings. The van der Waals surface area contributed by atoms with Crippen LogP contribution in [0.5, 0.6) is 0 Å². The Bertz CT molecular complexity index is 331. The summed E-state index contributed by atoms with van der Waals surface area (Å²) >= 11 is 0. The Morgan fingerprint density at radius 3 is 2.35 bits per heavy atom. The van der Waals surface area contributed by atoms with Crippen LogP contribution in [0.2, 0.25) is 0 Å². The van der Waals surface area contributed by atoms with Gasteiger partial charge in [0.05, 0.1) is 6.07 Å². The Balaban J connectivity index is 1.82. The first-order valence-corrected chi connectivity index (χ1v) is 8.50. The third-order valence-electron chi connectivity index (χ3n) is 5.38. The van der Waals surface area contributed by atoms with Crippen molar-refractivity contribution in [2.75, 3.05) is 26.2 Å². The first-order valence-electron chi connectivity index (χ1n) is 8.50. The molecule has 1 heterocycles. The maximum absolute atomic E-state index is 9.45. The predicted octanol–water partition coefficient (Wildman–Crippen LogP) is 3.31. The van der Waals surface area contributed by atoms with Crippen LogP contribution < -0.4 is 5.32 Å². The minimum absolute atomic E-state index is 0.382. The highest BCUT2D eigenvalue weighted by Crippen LogP contribution is 2.44. The van der Waals surface area contributed by atoms with E-state index in [-0.39, 0.29) is 5.54 Å². The number of hydrogen-bond acceptors (Lipinski definition) is 3. The van der Waals surface area contributed by atoms with Gasteiger partial charge in [0.1, 0.15) is 5.54 Å². The fraction of sp³-hybridized carbons (Fsp3) is 0.941. The Morgan fingerprint density at radius 1 is 1.15 bits per heavy atom. The van der Waals surface area contributed by atoms with Crippen molar-refractivity contribution in [2.24, 2.45) is 5.41 Å². The molecular formula is C17H31N3. The molecule has 1 saturated heterocycles. The summed E-state index contributed by atoms with van der Waals surface area (Å²) in [6, 6.07) is 2.48. The van der Waals surface area contributed by atoms with Crippen molar-refractivity contribution in [2.45, 2.75) is 70.8 Å². The van der Waals surface area contributed by atoms with Crippen molar-refractivity contribution in [3.63, 3.8) is 0 Å². The molecule has 1 atom stereocenters. The zero-order chi connectivity index (χ0) is 14.5. The molecular weight excluding hydrogens is 246 g/mol. The summed E-state index contributed by atoms with van der Waals surface area (Å²) in [6.07, 6.45) is 11.0. The van der Waals surface area contributed by atoms with E-state index in [2.05, 4.69) is 23.2 Å². The summed E-state index contributed by atoms with van der Waals surface area (Å²) in [6.45, 7) is 8.38. The highest BCUT2D eigenvalue weighted by atomic mass is 15.2. The molecule has 1 unspecified atom stereocenters. The van der Waals surface area contributed by atoms with Crippen molar-refractivity contribution in [3.05, 3.63) is 0 Å². The molecule has 2 fully saturated rings. The lowest BCUT2D eigenvalue weighted by Crippen LogP contribution is -2.53. The van der Waals surface area contributed by atoms with Crippen molar-refractivity contribution >= 4 is 0 Å². The van der Waals surface area contributed by atoms with Gasteiger partial charge in [0.25, 0.3) is 0 Å². The zero-order valence-electron chi connectivity index (χ0n) is 13.4. The Labute approximate surface area is 124 Å². The third-order valence-corrected chi connectivity index (χ3v) is 5.38. The number of rotatable bonds is 5. The monoisotopic (exact) mass is 277 g/mol. The summed E-state index contributed by atoms with van der Waals surface area (Å²) < 4.78 is 0. The van der Waals surface area contributed by atoms with E-state index in [0.29, 0.717) is 5.41 Å². The zero-order valence-corrected chi connectivity index (χ0v) is 13.4. The Kier molecular flexibility index (Phi) is 5.46. The first kappa shape index (κ1) is 15.8. The Morgan fingerprint density at radius 2 is 1.80 bits per heavy atom. The second-order valence-corrected chi connectivity index (χ2v) is 7.21. The SMILES string of the molecule is CCCNC(C)(C#N)CN1CCC2(CCCCC2)CC1. The number of likely N-dealkylation sites (tertiary alicyclic amines) is 1. The summed E-state index contributed by atoms with van der Waals surface area (Å²) in [5, 5.41) is 12.9. The van der Waals surface area contributed by atoms with Gasteiger partial charge in [-0.25, -0.2) is 0 Å². The molecule has 0 aromatic carbocycles. The maximum Gasteiger partial charge on any atom is 0.116 e. The first-order chi connectivity index (χ1) is 9.61. The second-order valence-electron chi connectivity index (χ2n) is 7.21. The van der Waals surface area contributed by atoms with Crippen LogP contribution in [0.15, 0.2) is 0 Å². The van der Waals surface area contributed by atoms with Gasteiger partial charge in [-0.2, -0.15) is 5.26 Å². The molecule has 1 aliphatic heterocycles. The van der Waals surface area contributed by atoms with Crippen LogP contribution in [-0.2, 0) is 0 Å². The van der Waals surface area contributed by atoms with Crippen LogP contribution in [0, 0.1) is 16.7 Å². The fourth-order valence-electron chi connectivity index (χ4n) is 3.97. The third kappa shape index (κ3) is 3.96. The van der Waals surface area contributed by atoms with Crippen LogP contribution in [0.4, 0.5) is 0 Å².